The van der Waals surface area contributed by atoms with E-state index in [2.05, 4.69) is 56.8 Å². The molecule has 2 aliphatic rings. The molecule has 3 rings (SSSR count). The maximum absolute atomic E-state index is 4.51. The molecule has 2 aliphatic heterocycles. The summed E-state index contributed by atoms with van der Waals surface area (Å²) in [5.74, 6) is 1.82. The molecule has 28 heavy (non-hydrogen) atoms. The molecular weight excluding hydrogens is 366 g/mol. The number of likely N-dealkylation sites (tertiary alicyclic amines) is 2. The van der Waals surface area contributed by atoms with Crippen molar-refractivity contribution < 1.29 is 0 Å². The van der Waals surface area contributed by atoms with Crippen molar-refractivity contribution in [2.24, 2.45) is 10.9 Å². The summed E-state index contributed by atoms with van der Waals surface area (Å²) in [6.07, 6.45) is 6.29. The van der Waals surface area contributed by atoms with E-state index in [0.29, 0.717) is 12.1 Å². The molecule has 2 saturated heterocycles. The van der Waals surface area contributed by atoms with Crippen molar-refractivity contribution in [3.8, 4) is 0 Å². The van der Waals surface area contributed by atoms with E-state index in [-0.39, 0.29) is 0 Å². The van der Waals surface area contributed by atoms with Crippen LogP contribution in [0.2, 0.25) is 0 Å². The van der Waals surface area contributed by atoms with Crippen LogP contribution in [0.4, 0.5) is 0 Å². The van der Waals surface area contributed by atoms with E-state index in [1.165, 1.54) is 69.7 Å². The van der Waals surface area contributed by atoms with Crippen LogP contribution in [0.3, 0.4) is 0 Å². The SMILES string of the molecule is CCCN1CCC(NC(=NC)NCC(c2cccs2)N2CCC(C)CC2)CC1. The van der Waals surface area contributed by atoms with Gasteiger partial charge in [0.1, 0.15) is 0 Å². The van der Waals surface area contributed by atoms with Crippen LogP contribution >= 0.6 is 11.3 Å². The Morgan fingerprint density at radius 3 is 2.57 bits per heavy atom. The average molecular weight is 406 g/mol. The van der Waals surface area contributed by atoms with Gasteiger partial charge in [0.05, 0.1) is 6.04 Å². The Balaban J connectivity index is 1.51. The molecule has 0 amide bonds. The monoisotopic (exact) mass is 405 g/mol. The number of hydrogen-bond donors (Lipinski definition) is 2. The van der Waals surface area contributed by atoms with E-state index in [9.17, 15) is 0 Å². The summed E-state index contributed by atoms with van der Waals surface area (Å²) in [7, 11) is 1.89. The number of piperidine rings is 2. The van der Waals surface area contributed by atoms with Gasteiger partial charge in [-0.2, -0.15) is 0 Å². The van der Waals surface area contributed by atoms with Crippen LogP contribution in [-0.2, 0) is 0 Å². The molecule has 0 aromatic carbocycles. The summed E-state index contributed by atoms with van der Waals surface area (Å²) < 4.78 is 0. The molecule has 158 valence electrons. The van der Waals surface area contributed by atoms with Crippen LogP contribution in [0.1, 0.15) is 56.9 Å². The van der Waals surface area contributed by atoms with Crippen LogP contribution < -0.4 is 10.6 Å². The molecule has 0 spiro atoms. The lowest BCUT2D eigenvalue weighted by Crippen LogP contribution is -2.50. The molecule has 1 unspecified atom stereocenters. The Hall–Kier alpha value is -1.11. The van der Waals surface area contributed by atoms with Crippen molar-refractivity contribution in [2.75, 3.05) is 46.3 Å². The maximum atomic E-state index is 4.51. The summed E-state index contributed by atoms with van der Waals surface area (Å²) >= 11 is 1.88. The third-order valence-corrected chi connectivity index (χ3v) is 7.26. The van der Waals surface area contributed by atoms with Crippen molar-refractivity contribution in [2.45, 2.75) is 58.0 Å². The highest BCUT2D eigenvalue weighted by Gasteiger charge is 2.26. The quantitative estimate of drug-likeness (QED) is 0.538. The third-order valence-electron chi connectivity index (χ3n) is 6.29. The van der Waals surface area contributed by atoms with Gasteiger partial charge in [0.25, 0.3) is 0 Å². The molecule has 2 fully saturated rings. The van der Waals surface area contributed by atoms with Gasteiger partial charge in [0.2, 0.25) is 0 Å². The first-order valence-corrected chi connectivity index (χ1v) is 12.0. The number of rotatable bonds is 7. The van der Waals surface area contributed by atoms with Crippen LogP contribution in [0.25, 0.3) is 0 Å². The Labute approximate surface area is 175 Å². The third kappa shape index (κ3) is 6.19. The van der Waals surface area contributed by atoms with E-state index in [1.54, 1.807) is 0 Å². The number of aliphatic imine (C=N–C) groups is 1. The molecule has 1 aromatic rings. The summed E-state index contributed by atoms with van der Waals surface area (Å²) in [5, 5.41) is 9.52. The fourth-order valence-electron chi connectivity index (χ4n) is 4.43. The average Bonchev–Trinajstić information content (AvgIpc) is 3.24. The van der Waals surface area contributed by atoms with E-state index >= 15 is 0 Å². The summed E-state index contributed by atoms with van der Waals surface area (Å²) in [6, 6.07) is 5.44. The number of thiophene rings is 1. The van der Waals surface area contributed by atoms with Crippen LogP contribution in [0.5, 0.6) is 0 Å². The summed E-state index contributed by atoms with van der Waals surface area (Å²) in [6.45, 7) is 11.6. The van der Waals surface area contributed by atoms with Gasteiger partial charge in [-0.1, -0.05) is 19.9 Å². The fourth-order valence-corrected chi connectivity index (χ4v) is 5.29. The molecule has 0 bridgehead atoms. The van der Waals surface area contributed by atoms with E-state index in [0.717, 1.165) is 18.4 Å². The highest BCUT2D eigenvalue weighted by molar-refractivity contribution is 7.10. The zero-order valence-corrected chi connectivity index (χ0v) is 18.8. The molecule has 2 N–H and O–H groups in total. The lowest BCUT2D eigenvalue weighted by atomic mass is 9.97. The molecular formula is C22H39N5S. The van der Waals surface area contributed by atoms with Crippen molar-refractivity contribution in [1.29, 1.82) is 0 Å². The van der Waals surface area contributed by atoms with Gasteiger partial charge in [0.15, 0.2) is 5.96 Å². The zero-order valence-electron chi connectivity index (χ0n) is 18.0. The van der Waals surface area contributed by atoms with Gasteiger partial charge in [-0.05, 0) is 69.1 Å². The van der Waals surface area contributed by atoms with E-state index in [1.807, 2.05) is 18.4 Å². The zero-order chi connectivity index (χ0) is 19.8. The Morgan fingerprint density at radius 2 is 1.96 bits per heavy atom. The summed E-state index contributed by atoms with van der Waals surface area (Å²) in [5.41, 5.74) is 0. The largest absolute Gasteiger partial charge is 0.354 e. The maximum Gasteiger partial charge on any atom is 0.191 e. The molecule has 0 radical (unpaired) electrons. The van der Waals surface area contributed by atoms with Gasteiger partial charge in [0, 0.05) is 37.6 Å². The van der Waals surface area contributed by atoms with Crippen molar-refractivity contribution in [1.82, 2.24) is 20.4 Å². The summed E-state index contributed by atoms with van der Waals surface area (Å²) in [4.78, 5) is 11.2. The predicted molar refractivity (Wildman–Crippen MR) is 121 cm³/mol. The molecule has 6 heteroatoms. The minimum atomic E-state index is 0.442. The fraction of sp³-hybridized carbons (Fsp3) is 0.773. The van der Waals surface area contributed by atoms with E-state index < -0.39 is 0 Å². The molecule has 1 aromatic heterocycles. The van der Waals surface area contributed by atoms with Crippen molar-refractivity contribution in [3.05, 3.63) is 22.4 Å². The molecule has 0 aliphatic carbocycles. The smallest absolute Gasteiger partial charge is 0.191 e. The van der Waals surface area contributed by atoms with Crippen molar-refractivity contribution in [3.63, 3.8) is 0 Å². The van der Waals surface area contributed by atoms with Gasteiger partial charge in [-0.15, -0.1) is 11.3 Å². The molecule has 5 nitrogen and oxygen atoms in total. The van der Waals surface area contributed by atoms with Gasteiger partial charge < -0.3 is 15.5 Å². The van der Waals surface area contributed by atoms with Gasteiger partial charge in [-0.3, -0.25) is 9.89 Å². The minimum absolute atomic E-state index is 0.442. The normalized spacial score (nSPS) is 22.3. The second kappa shape index (κ2) is 11.2. The topological polar surface area (TPSA) is 42.9 Å². The van der Waals surface area contributed by atoms with Crippen LogP contribution in [-0.4, -0.2) is 68.1 Å². The lowest BCUT2D eigenvalue weighted by Gasteiger charge is -2.37. The van der Waals surface area contributed by atoms with Crippen LogP contribution in [0, 0.1) is 5.92 Å². The Morgan fingerprint density at radius 1 is 1.21 bits per heavy atom. The van der Waals surface area contributed by atoms with E-state index in [4.69, 9.17) is 0 Å². The standard InChI is InChI=1S/C22H39N5S/c1-4-11-26-12-9-19(10-13-26)25-22(23-3)24-17-20(21-6-5-16-28-21)27-14-7-18(2)8-15-27/h5-6,16,18-20H,4,7-15,17H2,1-3H3,(H2,23,24,25). The first-order valence-electron chi connectivity index (χ1n) is 11.2. The number of hydrogen-bond acceptors (Lipinski definition) is 4. The van der Waals surface area contributed by atoms with Gasteiger partial charge >= 0.3 is 0 Å². The number of nitrogens with zero attached hydrogens (tertiary/aromatic N) is 3. The first kappa shape index (κ1) is 21.6. The Bertz CT molecular complexity index is 572. The van der Waals surface area contributed by atoms with Crippen molar-refractivity contribution >= 4 is 17.3 Å². The second-order valence-corrected chi connectivity index (χ2v) is 9.44. The highest BCUT2D eigenvalue weighted by atomic mass is 32.1. The number of guanidine groups is 1. The van der Waals surface area contributed by atoms with Gasteiger partial charge in [-0.25, -0.2) is 0 Å². The molecule has 3 heterocycles. The minimum Gasteiger partial charge on any atom is -0.354 e. The lowest BCUT2D eigenvalue weighted by molar-refractivity contribution is 0.140. The highest BCUT2D eigenvalue weighted by Crippen LogP contribution is 2.29. The van der Waals surface area contributed by atoms with Crippen LogP contribution in [0.15, 0.2) is 22.5 Å². The predicted octanol–water partition coefficient (Wildman–Crippen LogP) is 3.56. The molecule has 1 atom stereocenters. The first-order chi connectivity index (χ1) is 13.7. The Kier molecular flexibility index (Phi) is 8.62. The molecule has 0 saturated carbocycles. The second-order valence-electron chi connectivity index (χ2n) is 8.46. The number of nitrogens with one attached hydrogen (secondary N) is 2.